The predicted molar refractivity (Wildman–Crippen MR) is 76.4 cm³/mol. The fourth-order valence-electron chi connectivity index (χ4n) is 1.78. The molecule has 1 saturated carbocycles. The fraction of sp³-hybridized carbons (Fsp3) is 0.600. The van der Waals surface area contributed by atoms with Crippen LogP contribution in [-0.2, 0) is 6.54 Å². The van der Waals surface area contributed by atoms with Gasteiger partial charge in [-0.3, -0.25) is 0 Å². The zero-order valence-electron chi connectivity index (χ0n) is 11.2. The Labute approximate surface area is 114 Å². The maximum absolute atomic E-state index is 13.9. The summed E-state index contributed by atoms with van der Waals surface area (Å²) >= 11 is 1.78. The molecule has 3 heteroatoms. The highest BCUT2D eigenvalue weighted by atomic mass is 32.2. The molecule has 1 aliphatic rings. The number of benzene rings is 1. The van der Waals surface area contributed by atoms with Gasteiger partial charge in [0.1, 0.15) is 5.82 Å². The molecule has 0 aliphatic heterocycles. The molecule has 0 radical (unpaired) electrons. The van der Waals surface area contributed by atoms with Crippen LogP contribution in [0.5, 0.6) is 0 Å². The van der Waals surface area contributed by atoms with Crippen molar-refractivity contribution in [1.29, 1.82) is 0 Å². The lowest BCUT2D eigenvalue weighted by molar-refractivity contribution is 0.579. The summed E-state index contributed by atoms with van der Waals surface area (Å²) in [5, 5.41) is 3.40. The molecule has 100 valence electrons. The third-order valence-corrected chi connectivity index (χ3v) is 4.31. The van der Waals surface area contributed by atoms with E-state index in [1.54, 1.807) is 17.8 Å². The van der Waals surface area contributed by atoms with Crippen LogP contribution in [0.1, 0.15) is 38.7 Å². The molecule has 1 aromatic carbocycles. The Morgan fingerprint density at radius 1 is 1.39 bits per heavy atom. The van der Waals surface area contributed by atoms with E-state index in [0.717, 1.165) is 16.2 Å². The Kier molecular flexibility index (Phi) is 5.07. The lowest BCUT2D eigenvalue weighted by atomic mass is 10.2. The topological polar surface area (TPSA) is 12.0 Å². The molecule has 1 fully saturated rings. The lowest BCUT2D eigenvalue weighted by Gasteiger charge is -2.11. The van der Waals surface area contributed by atoms with Crippen LogP contribution in [0.3, 0.4) is 0 Å². The third-order valence-electron chi connectivity index (χ3n) is 3.17. The highest BCUT2D eigenvalue weighted by Gasteiger charge is 2.21. The van der Waals surface area contributed by atoms with Gasteiger partial charge in [0.25, 0.3) is 0 Å². The van der Waals surface area contributed by atoms with Gasteiger partial charge in [0.05, 0.1) is 0 Å². The zero-order chi connectivity index (χ0) is 13.0. The average Bonchev–Trinajstić information content (AvgIpc) is 3.11. The van der Waals surface area contributed by atoms with Gasteiger partial charge in [-0.2, -0.15) is 0 Å². The van der Waals surface area contributed by atoms with Crippen molar-refractivity contribution < 1.29 is 4.39 Å². The van der Waals surface area contributed by atoms with Crippen LogP contribution in [0.15, 0.2) is 23.1 Å². The van der Waals surface area contributed by atoms with E-state index in [1.165, 1.54) is 19.3 Å². The van der Waals surface area contributed by atoms with Crippen molar-refractivity contribution in [3.8, 4) is 0 Å². The largest absolute Gasteiger partial charge is 0.310 e. The highest BCUT2D eigenvalue weighted by Crippen LogP contribution is 2.27. The first-order valence-electron chi connectivity index (χ1n) is 6.80. The molecule has 0 unspecified atom stereocenters. The Morgan fingerprint density at radius 2 is 2.17 bits per heavy atom. The molecule has 1 nitrogen and oxygen atoms in total. The molecule has 0 bridgehead atoms. The van der Waals surface area contributed by atoms with Gasteiger partial charge >= 0.3 is 0 Å². The van der Waals surface area contributed by atoms with Crippen LogP contribution in [0.4, 0.5) is 4.39 Å². The molecular weight excluding hydrogens is 245 g/mol. The van der Waals surface area contributed by atoms with Crippen molar-refractivity contribution in [2.45, 2.75) is 50.6 Å². The van der Waals surface area contributed by atoms with Crippen molar-refractivity contribution in [1.82, 2.24) is 5.32 Å². The standard InChI is InChI=1S/C15H22FNS/c1-11(2)8-9-18-15-5-3-4-14(16)13(15)10-17-12-6-7-12/h3-5,11-12,17H,6-10H2,1-2H3. The second-order valence-electron chi connectivity index (χ2n) is 5.40. The molecular formula is C15H22FNS. The van der Waals surface area contributed by atoms with Crippen molar-refractivity contribution in [2.75, 3.05) is 5.75 Å². The van der Waals surface area contributed by atoms with E-state index in [2.05, 4.69) is 19.2 Å². The summed E-state index contributed by atoms with van der Waals surface area (Å²) in [6.07, 6.45) is 3.66. The molecule has 1 N–H and O–H groups in total. The molecule has 18 heavy (non-hydrogen) atoms. The molecule has 0 aromatic heterocycles. The summed E-state index contributed by atoms with van der Waals surface area (Å²) in [6, 6.07) is 6.04. The van der Waals surface area contributed by atoms with E-state index in [4.69, 9.17) is 0 Å². The van der Waals surface area contributed by atoms with Crippen molar-refractivity contribution in [3.63, 3.8) is 0 Å². The van der Waals surface area contributed by atoms with Crippen LogP contribution < -0.4 is 5.32 Å². The van der Waals surface area contributed by atoms with Gasteiger partial charge in [-0.05, 0) is 43.1 Å². The van der Waals surface area contributed by atoms with Crippen LogP contribution in [-0.4, -0.2) is 11.8 Å². The molecule has 1 aromatic rings. The van der Waals surface area contributed by atoms with Gasteiger partial charge in [0.15, 0.2) is 0 Å². The van der Waals surface area contributed by atoms with Gasteiger partial charge in [-0.25, -0.2) is 4.39 Å². The van der Waals surface area contributed by atoms with E-state index in [0.29, 0.717) is 18.5 Å². The van der Waals surface area contributed by atoms with E-state index in [-0.39, 0.29) is 5.82 Å². The fourth-order valence-corrected chi connectivity index (χ4v) is 3.11. The summed E-state index contributed by atoms with van der Waals surface area (Å²) in [6.45, 7) is 5.12. The van der Waals surface area contributed by atoms with E-state index in [9.17, 15) is 4.39 Å². The first-order valence-corrected chi connectivity index (χ1v) is 7.79. The summed E-state index contributed by atoms with van der Waals surface area (Å²) in [7, 11) is 0. The number of thioether (sulfide) groups is 1. The molecule has 2 rings (SSSR count). The maximum Gasteiger partial charge on any atom is 0.128 e. The normalized spacial score (nSPS) is 15.3. The Bertz CT molecular complexity index is 388. The van der Waals surface area contributed by atoms with Crippen LogP contribution in [0.25, 0.3) is 0 Å². The second-order valence-corrected chi connectivity index (χ2v) is 6.54. The number of nitrogens with one attached hydrogen (secondary N) is 1. The zero-order valence-corrected chi connectivity index (χ0v) is 12.0. The SMILES string of the molecule is CC(C)CCSc1cccc(F)c1CNC1CC1. The van der Waals surface area contributed by atoms with E-state index < -0.39 is 0 Å². The van der Waals surface area contributed by atoms with Gasteiger partial charge < -0.3 is 5.32 Å². The Hall–Kier alpha value is -0.540. The quantitative estimate of drug-likeness (QED) is 0.742. The van der Waals surface area contributed by atoms with Gasteiger partial charge in [-0.15, -0.1) is 11.8 Å². The van der Waals surface area contributed by atoms with Crippen LogP contribution in [0.2, 0.25) is 0 Å². The van der Waals surface area contributed by atoms with Gasteiger partial charge in [0, 0.05) is 23.0 Å². The van der Waals surface area contributed by atoms with Crippen molar-refractivity contribution >= 4 is 11.8 Å². The molecule has 0 saturated heterocycles. The van der Waals surface area contributed by atoms with Crippen molar-refractivity contribution in [2.24, 2.45) is 5.92 Å². The monoisotopic (exact) mass is 267 g/mol. The molecule has 0 amide bonds. The molecule has 0 spiro atoms. The number of hydrogen-bond acceptors (Lipinski definition) is 2. The Morgan fingerprint density at radius 3 is 2.83 bits per heavy atom. The van der Waals surface area contributed by atoms with E-state index in [1.807, 2.05) is 12.1 Å². The second kappa shape index (κ2) is 6.58. The number of hydrogen-bond donors (Lipinski definition) is 1. The minimum absolute atomic E-state index is 0.0716. The van der Waals surface area contributed by atoms with Crippen LogP contribution in [0, 0.1) is 11.7 Å². The smallest absolute Gasteiger partial charge is 0.128 e. The summed E-state index contributed by atoms with van der Waals surface area (Å²) in [5.74, 6) is 1.70. The summed E-state index contributed by atoms with van der Waals surface area (Å²) in [4.78, 5) is 1.10. The van der Waals surface area contributed by atoms with Crippen molar-refractivity contribution in [3.05, 3.63) is 29.6 Å². The third kappa shape index (κ3) is 4.29. The van der Waals surface area contributed by atoms with E-state index >= 15 is 0 Å². The maximum atomic E-state index is 13.9. The highest BCUT2D eigenvalue weighted by molar-refractivity contribution is 7.99. The molecule has 0 heterocycles. The minimum Gasteiger partial charge on any atom is -0.310 e. The lowest BCUT2D eigenvalue weighted by Crippen LogP contribution is -2.17. The Balaban J connectivity index is 1.95. The molecule has 0 atom stereocenters. The first kappa shape index (κ1) is 13.9. The van der Waals surface area contributed by atoms with Crippen LogP contribution >= 0.6 is 11.8 Å². The van der Waals surface area contributed by atoms with Gasteiger partial charge in [0.2, 0.25) is 0 Å². The average molecular weight is 267 g/mol. The number of halogens is 1. The predicted octanol–water partition coefficient (Wildman–Crippen LogP) is 4.22. The molecule has 1 aliphatic carbocycles. The summed E-state index contributed by atoms with van der Waals surface area (Å²) < 4.78 is 13.9. The minimum atomic E-state index is -0.0716. The first-order chi connectivity index (χ1) is 8.66. The van der Waals surface area contributed by atoms with Gasteiger partial charge in [-0.1, -0.05) is 19.9 Å². The number of rotatable bonds is 7. The summed E-state index contributed by atoms with van der Waals surface area (Å²) in [5.41, 5.74) is 0.846.